The van der Waals surface area contributed by atoms with Crippen molar-refractivity contribution < 1.29 is 4.79 Å². The fourth-order valence-electron chi connectivity index (χ4n) is 1.26. The molecule has 0 bridgehead atoms. The number of carbonyl (C=O) groups is 1. The van der Waals surface area contributed by atoms with Crippen LogP contribution in [0.15, 0.2) is 0 Å². The lowest BCUT2D eigenvalue weighted by molar-refractivity contribution is 0.0966. The molecule has 0 saturated carbocycles. The lowest BCUT2D eigenvalue weighted by atomic mass is 10.1. The first-order chi connectivity index (χ1) is 7.54. The summed E-state index contributed by atoms with van der Waals surface area (Å²) in [5.41, 5.74) is 0.788. The van der Waals surface area contributed by atoms with Crippen LogP contribution in [0.25, 0.3) is 0 Å². The molecule has 0 spiro atoms. The Morgan fingerprint density at radius 2 is 2.19 bits per heavy atom. The van der Waals surface area contributed by atoms with Crippen molar-refractivity contribution in [2.75, 3.05) is 18.9 Å². The number of nitrogens with zero attached hydrogens (tertiary/aromatic N) is 1. The zero-order valence-electron chi connectivity index (χ0n) is 10.3. The van der Waals surface area contributed by atoms with E-state index in [0.29, 0.717) is 10.8 Å². The molecular weight excluding hydrogens is 222 g/mol. The molecule has 1 heterocycles. The summed E-state index contributed by atoms with van der Waals surface area (Å²) in [6, 6.07) is 0. The first kappa shape index (κ1) is 13.0. The average Bonchev–Trinajstić information content (AvgIpc) is 2.58. The van der Waals surface area contributed by atoms with Gasteiger partial charge in [-0.15, -0.1) is 0 Å². The molecule has 16 heavy (non-hydrogen) atoms. The molecular formula is C11H19N3OS. The molecule has 1 amide bonds. The van der Waals surface area contributed by atoms with Crippen molar-refractivity contribution in [3.8, 4) is 0 Å². The number of anilines is 1. The van der Waals surface area contributed by atoms with Crippen LogP contribution in [-0.2, 0) is 0 Å². The van der Waals surface area contributed by atoms with Crippen LogP contribution < -0.4 is 10.6 Å². The summed E-state index contributed by atoms with van der Waals surface area (Å²) in [5, 5.41) is 6.69. The molecule has 0 atom stereocenters. The van der Waals surface area contributed by atoms with Crippen molar-refractivity contribution in [3.63, 3.8) is 0 Å². The normalized spacial score (nSPS) is 10.6. The van der Waals surface area contributed by atoms with E-state index in [9.17, 15) is 4.79 Å². The first-order valence-corrected chi connectivity index (χ1v) is 6.29. The fourth-order valence-corrected chi connectivity index (χ4v) is 2.20. The third-order valence-corrected chi connectivity index (χ3v) is 3.34. The van der Waals surface area contributed by atoms with E-state index >= 15 is 0 Å². The van der Waals surface area contributed by atoms with Crippen LogP contribution >= 0.6 is 11.3 Å². The van der Waals surface area contributed by atoms with Gasteiger partial charge in [-0.3, -0.25) is 4.79 Å². The number of aryl methyl sites for hydroxylation is 1. The number of nitrogens with one attached hydrogen (secondary N) is 2. The monoisotopic (exact) mass is 241 g/mol. The van der Waals surface area contributed by atoms with Gasteiger partial charge < -0.3 is 10.6 Å². The van der Waals surface area contributed by atoms with Gasteiger partial charge in [-0.05, 0) is 19.3 Å². The van der Waals surface area contributed by atoms with Crippen molar-refractivity contribution in [1.29, 1.82) is 0 Å². The van der Waals surface area contributed by atoms with Gasteiger partial charge in [0.15, 0.2) is 5.13 Å². The number of aromatic nitrogens is 1. The maximum atomic E-state index is 11.5. The molecule has 0 radical (unpaired) electrons. The van der Waals surface area contributed by atoms with Crippen LogP contribution in [0.3, 0.4) is 0 Å². The van der Waals surface area contributed by atoms with Gasteiger partial charge in [0.2, 0.25) is 0 Å². The topological polar surface area (TPSA) is 54.0 Å². The number of rotatable bonds is 5. The Labute approximate surface area is 100 Å². The van der Waals surface area contributed by atoms with Crippen molar-refractivity contribution in [2.24, 2.45) is 5.92 Å². The molecule has 0 aliphatic carbocycles. The summed E-state index contributed by atoms with van der Waals surface area (Å²) in [4.78, 5) is 16.5. The zero-order chi connectivity index (χ0) is 12.1. The highest BCUT2D eigenvalue weighted by molar-refractivity contribution is 7.17. The van der Waals surface area contributed by atoms with Gasteiger partial charge in [-0.2, -0.15) is 0 Å². The first-order valence-electron chi connectivity index (χ1n) is 5.48. The van der Waals surface area contributed by atoms with Crippen molar-refractivity contribution >= 4 is 22.4 Å². The number of carbonyl (C=O) groups excluding carboxylic acids is 1. The summed E-state index contributed by atoms with van der Waals surface area (Å²) in [6.07, 6.45) is 1.11. The summed E-state index contributed by atoms with van der Waals surface area (Å²) < 4.78 is 0. The Bertz CT molecular complexity index is 360. The van der Waals surface area contributed by atoms with E-state index in [1.807, 2.05) is 6.92 Å². The predicted octanol–water partition coefficient (Wildman–Crippen LogP) is 2.27. The molecule has 5 heteroatoms. The van der Waals surface area contributed by atoms with Gasteiger partial charge in [0, 0.05) is 13.6 Å². The lowest BCUT2D eigenvalue weighted by Gasteiger charge is -2.04. The predicted molar refractivity (Wildman–Crippen MR) is 68.2 cm³/mol. The van der Waals surface area contributed by atoms with Crippen LogP contribution in [0, 0.1) is 12.8 Å². The zero-order valence-corrected chi connectivity index (χ0v) is 11.1. The standard InChI is InChI=1S/C11H19N3OS/c1-7(2)5-6-13-11-14-8(3)9(16-11)10(15)12-4/h7H,5-6H2,1-4H3,(H,12,15)(H,13,14). The molecule has 0 aliphatic rings. The largest absolute Gasteiger partial charge is 0.361 e. The summed E-state index contributed by atoms with van der Waals surface area (Å²) in [5.74, 6) is 0.610. The molecule has 90 valence electrons. The molecule has 0 unspecified atom stereocenters. The summed E-state index contributed by atoms with van der Waals surface area (Å²) in [7, 11) is 1.63. The van der Waals surface area contributed by atoms with Gasteiger partial charge in [-0.25, -0.2) is 4.98 Å². The minimum absolute atomic E-state index is 0.0630. The van der Waals surface area contributed by atoms with E-state index < -0.39 is 0 Å². The molecule has 1 rings (SSSR count). The molecule has 0 saturated heterocycles. The third kappa shape index (κ3) is 3.48. The van der Waals surface area contributed by atoms with E-state index in [4.69, 9.17) is 0 Å². The Morgan fingerprint density at radius 1 is 1.50 bits per heavy atom. The SMILES string of the molecule is CNC(=O)c1sc(NCCC(C)C)nc1C. The Hall–Kier alpha value is -1.10. The highest BCUT2D eigenvalue weighted by atomic mass is 32.1. The second-order valence-electron chi connectivity index (χ2n) is 4.12. The van der Waals surface area contributed by atoms with Crippen LogP contribution in [0.1, 0.15) is 35.6 Å². The van der Waals surface area contributed by atoms with E-state index in [0.717, 1.165) is 23.8 Å². The molecule has 1 aromatic heterocycles. The quantitative estimate of drug-likeness (QED) is 0.831. The third-order valence-electron chi connectivity index (χ3n) is 2.23. The molecule has 4 nitrogen and oxygen atoms in total. The van der Waals surface area contributed by atoms with Crippen LogP contribution in [-0.4, -0.2) is 24.5 Å². The molecule has 2 N–H and O–H groups in total. The fraction of sp³-hybridized carbons (Fsp3) is 0.636. The van der Waals surface area contributed by atoms with Crippen molar-refractivity contribution in [3.05, 3.63) is 10.6 Å². The average molecular weight is 241 g/mol. The van der Waals surface area contributed by atoms with E-state index in [2.05, 4.69) is 29.5 Å². The van der Waals surface area contributed by atoms with Crippen LogP contribution in [0.4, 0.5) is 5.13 Å². The maximum absolute atomic E-state index is 11.5. The minimum Gasteiger partial charge on any atom is -0.361 e. The summed E-state index contributed by atoms with van der Waals surface area (Å²) in [6.45, 7) is 7.13. The second kappa shape index (κ2) is 5.84. The van der Waals surface area contributed by atoms with Gasteiger partial charge >= 0.3 is 0 Å². The van der Waals surface area contributed by atoms with Gasteiger partial charge in [-0.1, -0.05) is 25.2 Å². The second-order valence-corrected chi connectivity index (χ2v) is 5.12. The number of thiazole rings is 1. The summed E-state index contributed by atoms with van der Waals surface area (Å²) >= 11 is 1.41. The minimum atomic E-state index is -0.0630. The number of hydrogen-bond acceptors (Lipinski definition) is 4. The van der Waals surface area contributed by atoms with Gasteiger partial charge in [0.05, 0.1) is 5.69 Å². The van der Waals surface area contributed by atoms with Crippen molar-refractivity contribution in [2.45, 2.75) is 27.2 Å². The molecule has 0 fully saturated rings. The highest BCUT2D eigenvalue weighted by Crippen LogP contribution is 2.22. The van der Waals surface area contributed by atoms with E-state index in [-0.39, 0.29) is 5.91 Å². The van der Waals surface area contributed by atoms with Gasteiger partial charge in [0.25, 0.3) is 5.91 Å². The maximum Gasteiger partial charge on any atom is 0.263 e. The number of hydrogen-bond donors (Lipinski definition) is 2. The van der Waals surface area contributed by atoms with Crippen LogP contribution in [0.5, 0.6) is 0 Å². The molecule has 0 aromatic carbocycles. The van der Waals surface area contributed by atoms with E-state index in [1.54, 1.807) is 7.05 Å². The highest BCUT2D eigenvalue weighted by Gasteiger charge is 2.13. The molecule has 0 aliphatic heterocycles. The Morgan fingerprint density at radius 3 is 2.75 bits per heavy atom. The van der Waals surface area contributed by atoms with E-state index in [1.165, 1.54) is 11.3 Å². The van der Waals surface area contributed by atoms with Gasteiger partial charge in [0.1, 0.15) is 4.88 Å². The van der Waals surface area contributed by atoms with Crippen molar-refractivity contribution in [1.82, 2.24) is 10.3 Å². The lowest BCUT2D eigenvalue weighted by Crippen LogP contribution is -2.17. The Balaban J connectivity index is 2.59. The number of amides is 1. The van der Waals surface area contributed by atoms with Crippen LogP contribution in [0.2, 0.25) is 0 Å². The molecule has 1 aromatic rings. The smallest absolute Gasteiger partial charge is 0.263 e. The Kier molecular flexibility index (Phi) is 4.73.